The van der Waals surface area contributed by atoms with Gasteiger partial charge in [0.05, 0.1) is 26.6 Å². The Kier molecular flexibility index (Phi) is 6.58. The number of nitrogens with zero attached hydrogens (tertiary/aromatic N) is 4. The molecule has 0 unspecified atom stereocenters. The summed E-state index contributed by atoms with van der Waals surface area (Å²) in [4.78, 5) is 17.5. The van der Waals surface area contributed by atoms with Gasteiger partial charge in [-0.2, -0.15) is 0 Å². The number of rotatable bonds is 8. The van der Waals surface area contributed by atoms with E-state index in [2.05, 4.69) is 36.6 Å². The highest BCUT2D eigenvalue weighted by atomic mass is 32.1. The highest BCUT2D eigenvalue weighted by Gasteiger charge is 2.16. The normalized spacial score (nSPS) is 13.2. The number of ether oxygens (including phenoxy) is 1. The van der Waals surface area contributed by atoms with Gasteiger partial charge in [-0.3, -0.25) is 4.99 Å². The minimum absolute atomic E-state index is 0.0646. The molecule has 0 aliphatic carbocycles. The molecule has 0 saturated heterocycles. The number of aromatic nitrogens is 3. The van der Waals surface area contributed by atoms with Crippen LogP contribution in [0.15, 0.2) is 53.4 Å². The predicted octanol–water partition coefficient (Wildman–Crippen LogP) is 3.97. The highest BCUT2D eigenvalue weighted by Crippen LogP contribution is 2.35. The van der Waals surface area contributed by atoms with E-state index in [4.69, 9.17) is 10.5 Å². The lowest BCUT2D eigenvalue weighted by Gasteiger charge is -2.19. The SMILES string of the molecule is CN=C/C(=C\N)c1cc(O[C@H](C)CNC)c2c(Nc3ccc4ncsc4c3)ncnc2c1. The van der Waals surface area contributed by atoms with Crippen LogP contribution in [-0.2, 0) is 0 Å². The smallest absolute Gasteiger partial charge is 0.145 e. The molecule has 164 valence electrons. The fourth-order valence-electron chi connectivity index (χ4n) is 3.48. The first-order valence-electron chi connectivity index (χ1n) is 10.2. The van der Waals surface area contributed by atoms with E-state index in [-0.39, 0.29) is 6.10 Å². The van der Waals surface area contributed by atoms with Crippen molar-refractivity contribution in [3.8, 4) is 5.75 Å². The van der Waals surface area contributed by atoms with Gasteiger partial charge < -0.3 is 21.1 Å². The number of anilines is 2. The zero-order chi connectivity index (χ0) is 22.5. The third-order valence-electron chi connectivity index (χ3n) is 4.90. The fourth-order valence-corrected chi connectivity index (χ4v) is 4.19. The average molecular weight is 448 g/mol. The number of benzene rings is 2. The van der Waals surface area contributed by atoms with Crippen LogP contribution in [0.25, 0.3) is 26.7 Å². The Hall–Kier alpha value is -3.56. The molecule has 8 nitrogen and oxygen atoms in total. The molecule has 0 bridgehead atoms. The standard InChI is InChI=1S/C23H25N7OS/c1-14(10-25-2)31-20-7-15(16(9-24)11-26-3)6-19-22(20)23(28-12-27-19)30-17-4-5-18-21(8-17)32-13-29-18/h4-9,11-14,25H,10,24H2,1-3H3,(H,27,28,30)/b16-9+,26-11?/t14-/m1/s1. The Morgan fingerprint density at radius 1 is 1.22 bits per heavy atom. The van der Waals surface area contributed by atoms with Crippen molar-refractivity contribution in [1.82, 2.24) is 20.3 Å². The Labute approximate surface area is 190 Å². The number of thiazole rings is 1. The second kappa shape index (κ2) is 9.71. The number of aliphatic imine (C=N–C) groups is 1. The maximum Gasteiger partial charge on any atom is 0.145 e. The van der Waals surface area contributed by atoms with Crippen LogP contribution in [0.4, 0.5) is 11.5 Å². The van der Waals surface area contributed by atoms with Crippen molar-refractivity contribution in [2.75, 3.05) is 26.0 Å². The van der Waals surface area contributed by atoms with Crippen LogP contribution in [-0.4, -0.2) is 47.9 Å². The highest BCUT2D eigenvalue weighted by molar-refractivity contribution is 7.16. The molecule has 9 heteroatoms. The van der Waals surface area contributed by atoms with Crippen molar-refractivity contribution >= 4 is 55.7 Å². The van der Waals surface area contributed by atoms with E-state index in [0.717, 1.165) is 37.9 Å². The maximum atomic E-state index is 6.31. The lowest BCUT2D eigenvalue weighted by Crippen LogP contribution is -2.26. The molecule has 2 heterocycles. The number of nitrogens with one attached hydrogen (secondary N) is 2. The van der Waals surface area contributed by atoms with Gasteiger partial charge in [0.2, 0.25) is 0 Å². The molecular formula is C23H25N7OS. The zero-order valence-corrected chi connectivity index (χ0v) is 19.0. The lowest BCUT2D eigenvalue weighted by atomic mass is 10.0. The third kappa shape index (κ3) is 4.53. The maximum absolute atomic E-state index is 6.31. The van der Waals surface area contributed by atoms with Gasteiger partial charge in [-0.25, -0.2) is 15.0 Å². The molecule has 0 saturated carbocycles. The molecule has 2 aromatic heterocycles. The molecule has 0 amide bonds. The monoisotopic (exact) mass is 447 g/mol. The second-order valence-electron chi connectivity index (χ2n) is 7.25. The Bertz CT molecular complexity index is 1300. The Balaban J connectivity index is 1.83. The number of allylic oxidation sites excluding steroid dienone is 1. The summed E-state index contributed by atoms with van der Waals surface area (Å²) in [5, 5.41) is 7.37. The van der Waals surface area contributed by atoms with E-state index in [1.807, 2.05) is 43.7 Å². The Morgan fingerprint density at radius 3 is 2.88 bits per heavy atom. The molecule has 0 spiro atoms. The molecule has 4 rings (SSSR count). The van der Waals surface area contributed by atoms with Crippen molar-refractivity contribution in [3.05, 3.63) is 53.9 Å². The van der Waals surface area contributed by atoms with Gasteiger partial charge in [0, 0.05) is 37.3 Å². The van der Waals surface area contributed by atoms with Gasteiger partial charge >= 0.3 is 0 Å². The van der Waals surface area contributed by atoms with Crippen molar-refractivity contribution in [2.24, 2.45) is 10.7 Å². The van der Waals surface area contributed by atoms with Gasteiger partial charge in [0.1, 0.15) is 24.0 Å². The van der Waals surface area contributed by atoms with E-state index in [1.165, 1.54) is 6.20 Å². The predicted molar refractivity (Wildman–Crippen MR) is 133 cm³/mol. The van der Waals surface area contributed by atoms with E-state index in [9.17, 15) is 0 Å². The summed E-state index contributed by atoms with van der Waals surface area (Å²) in [5.74, 6) is 1.34. The molecule has 0 aliphatic rings. The molecule has 0 fully saturated rings. The van der Waals surface area contributed by atoms with Gasteiger partial charge in [0.15, 0.2) is 0 Å². The first-order valence-corrected chi connectivity index (χ1v) is 11.1. The number of nitrogens with two attached hydrogens (primary N) is 1. The summed E-state index contributed by atoms with van der Waals surface area (Å²) in [6, 6.07) is 9.96. The summed E-state index contributed by atoms with van der Waals surface area (Å²) in [5.41, 5.74) is 12.0. The minimum Gasteiger partial charge on any atom is -0.489 e. The van der Waals surface area contributed by atoms with Crippen LogP contribution in [0, 0.1) is 0 Å². The lowest BCUT2D eigenvalue weighted by molar-refractivity contribution is 0.223. The van der Waals surface area contributed by atoms with Crippen LogP contribution in [0.5, 0.6) is 5.75 Å². The van der Waals surface area contributed by atoms with Crippen LogP contribution < -0.4 is 21.1 Å². The van der Waals surface area contributed by atoms with Gasteiger partial charge in [0.25, 0.3) is 0 Å². The molecule has 2 aromatic carbocycles. The number of fused-ring (bicyclic) bond motifs is 2. The summed E-state index contributed by atoms with van der Waals surface area (Å²) in [7, 11) is 3.61. The molecule has 4 aromatic rings. The van der Waals surface area contributed by atoms with E-state index in [0.29, 0.717) is 18.1 Å². The molecule has 0 radical (unpaired) electrons. The third-order valence-corrected chi connectivity index (χ3v) is 5.69. The van der Waals surface area contributed by atoms with E-state index < -0.39 is 0 Å². The van der Waals surface area contributed by atoms with Crippen LogP contribution in [0.1, 0.15) is 12.5 Å². The molecule has 4 N–H and O–H groups in total. The van der Waals surface area contributed by atoms with Crippen molar-refractivity contribution in [3.63, 3.8) is 0 Å². The van der Waals surface area contributed by atoms with Gasteiger partial charge in [-0.05, 0) is 49.9 Å². The fraction of sp³-hybridized carbons (Fsp3) is 0.217. The first-order chi connectivity index (χ1) is 15.6. The second-order valence-corrected chi connectivity index (χ2v) is 8.13. The molecule has 32 heavy (non-hydrogen) atoms. The van der Waals surface area contributed by atoms with Gasteiger partial charge in [-0.1, -0.05) is 0 Å². The van der Waals surface area contributed by atoms with Crippen molar-refractivity contribution < 1.29 is 4.74 Å². The molecule has 0 aliphatic heterocycles. The Morgan fingerprint density at radius 2 is 2.09 bits per heavy atom. The first kappa shape index (κ1) is 21.7. The van der Waals surface area contributed by atoms with Crippen LogP contribution in [0.2, 0.25) is 0 Å². The number of likely N-dealkylation sites (N-methyl/N-ethyl adjacent to an activating group) is 1. The minimum atomic E-state index is -0.0646. The quantitative estimate of drug-likeness (QED) is 0.351. The van der Waals surface area contributed by atoms with Crippen molar-refractivity contribution in [1.29, 1.82) is 0 Å². The van der Waals surface area contributed by atoms with E-state index >= 15 is 0 Å². The summed E-state index contributed by atoms with van der Waals surface area (Å²) in [6.07, 6.45) is 4.72. The summed E-state index contributed by atoms with van der Waals surface area (Å²) >= 11 is 1.60. The van der Waals surface area contributed by atoms with Crippen molar-refractivity contribution in [2.45, 2.75) is 13.0 Å². The van der Waals surface area contributed by atoms with Crippen LogP contribution >= 0.6 is 11.3 Å². The summed E-state index contributed by atoms with van der Waals surface area (Å²) < 4.78 is 7.42. The van der Waals surface area contributed by atoms with Crippen LogP contribution in [0.3, 0.4) is 0 Å². The topological polar surface area (TPSA) is 110 Å². The number of hydrogen-bond acceptors (Lipinski definition) is 9. The zero-order valence-electron chi connectivity index (χ0n) is 18.2. The number of hydrogen-bond donors (Lipinski definition) is 3. The van der Waals surface area contributed by atoms with Gasteiger partial charge in [-0.15, -0.1) is 11.3 Å². The largest absolute Gasteiger partial charge is 0.489 e. The summed E-state index contributed by atoms with van der Waals surface area (Å²) in [6.45, 7) is 2.71. The van der Waals surface area contributed by atoms with E-state index in [1.54, 1.807) is 30.9 Å². The molecular weight excluding hydrogens is 422 g/mol. The molecule has 1 atom stereocenters. The average Bonchev–Trinajstić information content (AvgIpc) is 3.25.